The van der Waals surface area contributed by atoms with Crippen molar-refractivity contribution >= 4 is 45.0 Å². The van der Waals surface area contributed by atoms with Gasteiger partial charge in [-0.3, -0.25) is 9.59 Å². The highest BCUT2D eigenvalue weighted by atomic mass is 32.2. The molecule has 1 aliphatic rings. The molecule has 0 unspecified atom stereocenters. The number of likely N-dealkylation sites (N-methyl/N-ethyl adjacent to an activating group) is 1. The van der Waals surface area contributed by atoms with Crippen LogP contribution < -0.4 is 10.6 Å². The van der Waals surface area contributed by atoms with E-state index >= 15 is 0 Å². The van der Waals surface area contributed by atoms with E-state index in [1.165, 1.54) is 28.2 Å². The molecule has 0 atom stereocenters. The molecule has 1 aliphatic heterocycles. The highest BCUT2D eigenvalue weighted by Crippen LogP contribution is 2.20. The molecule has 3 rings (SSSR count). The number of hydrogen-bond donors (Lipinski definition) is 2. The molecule has 0 saturated carbocycles. The van der Waals surface area contributed by atoms with Crippen molar-refractivity contribution < 1.29 is 18.0 Å². The van der Waals surface area contributed by atoms with Crippen LogP contribution in [0.2, 0.25) is 0 Å². The minimum atomic E-state index is -3.55. The van der Waals surface area contributed by atoms with Gasteiger partial charge in [0.25, 0.3) is 0 Å². The van der Waals surface area contributed by atoms with Crippen LogP contribution in [-0.4, -0.2) is 73.7 Å². The fourth-order valence-electron chi connectivity index (χ4n) is 3.41. The third-order valence-electron chi connectivity index (χ3n) is 5.36. The van der Waals surface area contributed by atoms with Gasteiger partial charge in [0.2, 0.25) is 21.8 Å². The Bertz CT molecular complexity index is 1050. The topological polar surface area (TPSA) is 98.8 Å². The van der Waals surface area contributed by atoms with E-state index < -0.39 is 10.0 Å². The number of nitrogens with one attached hydrogen (secondary N) is 2. The average molecular weight is 491 g/mol. The van der Waals surface area contributed by atoms with E-state index in [1.54, 1.807) is 12.1 Å². The Hall–Kier alpha value is -2.40. The third-order valence-corrected chi connectivity index (χ3v) is 8.20. The Balaban J connectivity index is 1.44. The van der Waals surface area contributed by atoms with Crippen molar-refractivity contribution in [3.63, 3.8) is 0 Å². The quantitative estimate of drug-likeness (QED) is 0.561. The summed E-state index contributed by atoms with van der Waals surface area (Å²) in [5, 5.41) is 5.53. The molecule has 1 heterocycles. The molecule has 2 aromatic rings. The van der Waals surface area contributed by atoms with Gasteiger partial charge in [0.15, 0.2) is 0 Å². The maximum atomic E-state index is 12.8. The Kier molecular flexibility index (Phi) is 8.90. The second-order valence-corrected chi connectivity index (χ2v) is 10.7. The molecule has 2 aromatic carbocycles. The van der Waals surface area contributed by atoms with Gasteiger partial charge in [-0.25, -0.2) is 8.42 Å². The van der Waals surface area contributed by atoms with E-state index in [2.05, 4.69) is 22.5 Å². The predicted molar refractivity (Wildman–Crippen MR) is 133 cm³/mol. The van der Waals surface area contributed by atoms with Crippen molar-refractivity contribution in [2.45, 2.75) is 18.7 Å². The maximum absolute atomic E-state index is 12.8. The molecule has 1 saturated heterocycles. The fourth-order valence-corrected chi connectivity index (χ4v) is 5.45. The number of carbonyl (C=O) groups is 2. The zero-order valence-corrected chi connectivity index (χ0v) is 20.5. The molecule has 1 fully saturated rings. The Morgan fingerprint density at radius 3 is 1.82 bits per heavy atom. The van der Waals surface area contributed by atoms with Crippen LogP contribution in [0.25, 0.3) is 0 Å². The number of rotatable bonds is 9. The number of sulfonamides is 1. The SMILES string of the molecule is CCN1CCN(S(=O)(=O)c2ccc(NC(=O)CSCC(=O)Nc3ccc(C)cc3)cc2)CC1. The first kappa shape index (κ1) is 25.2. The highest BCUT2D eigenvalue weighted by Gasteiger charge is 2.27. The van der Waals surface area contributed by atoms with Gasteiger partial charge >= 0.3 is 0 Å². The van der Waals surface area contributed by atoms with Crippen LogP contribution in [0.1, 0.15) is 12.5 Å². The largest absolute Gasteiger partial charge is 0.325 e. The second-order valence-electron chi connectivity index (χ2n) is 7.82. The van der Waals surface area contributed by atoms with Gasteiger partial charge in [-0.1, -0.05) is 24.6 Å². The van der Waals surface area contributed by atoms with Crippen LogP contribution in [-0.2, 0) is 19.6 Å². The van der Waals surface area contributed by atoms with E-state index in [0.717, 1.165) is 30.9 Å². The van der Waals surface area contributed by atoms with Crippen LogP contribution in [0.15, 0.2) is 53.4 Å². The first-order valence-electron chi connectivity index (χ1n) is 10.8. The first-order chi connectivity index (χ1) is 15.8. The zero-order chi connectivity index (χ0) is 23.8. The first-order valence-corrected chi connectivity index (χ1v) is 13.4. The van der Waals surface area contributed by atoms with E-state index in [1.807, 2.05) is 31.2 Å². The summed E-state index contributed by atoms with van der Waals surface area (Å²) in [6.45, 7) is 7.36. The molecule has 2 amide bonds. The molecule has 178 valence electrons. The second kappa shape index (κ2) is 11.6. The summed E-state index contributed by atoms with van der Waals surface area (Å²) in [6, 6.07) is 13.7. The van der Waals surface area contributed by atoms with Crippen LogP contribution in [0.5, 0.6) is 0 Å². The molecule has 0 bridgehead atoms. The van der Waals surface area contributed by atoms with Crippen LogP contribution >= 0.6 is 11.8 Å². The van der Waals surface area contributed by atoms with Gasteiger partial charge in [-0.15, -0.1) is 11.8 Å². The molecule has 10 heteroatoms. The van der Waals surface area contributed by atoms with E-state index in [9.17, 15) is 18.0 Å². The minimum Gasteiger partial charge on any atom is -0.325 e. The summed E-state index contributed by atoms with van der Waals surface area (Å²) in [6.07, 6.45) is 0. The van der Waals surface area contributed by atoms with Gasteiger partial charge in [0.05, 0.1) is 16.4 Å². The lowest BCUT2D eigenvalue weighted by atomic mass is 10.2. The monoisotopic (exact) mass is 490 g/mol. The number of nitrogens with zero attached hydrogens (tertiary/aromatic N) is 2. The molecular formula is C23H30N4O4S2. The molecule has 33 heavy (non-hydrogen) atoms. The number of thioether (sulfide) groups is 1. The Morgan fingerprint density at radius 2 is 1.33 bits per heavy atom. The molecule has 0 aliphatic carbocycles. The van der Waals surface area contributed by atoms with Crippen molar-refractivity contribution in [2.24, 2.45) is 0 Å². The smallest absolute Gasteiger partial charge is 0.243 e. The number of amides is 2. The average Bonchev–Trinajstić information content (AvgIpc) is 2.81. The minimum absolute atomic E-state index is 0.114. The molecule has 0 radical (unpaired) electrons. The van der Waals surface area contributed by atoms with Crippen LogP contribution in [0.3, 0.4) is 0 Å². The molecule has 0 spiro atoms. The standard InChI is InChI=1S/C23H30N4O4S2/c1-3-26-12-14-27(15-13-26)33(30,31)21-10-8-20(9-11-21)25-23(29)17-32-16-22(28)24-19-6-4-18(2)5-7-19/h4-11H,3,12-17H2,1-2H3,(H,24,28)(H,25,29). The number of aryl methyl sites for hydroxylation is 1. The lowest BCUT2D eigenvalue weighted by Gasteiger charge is -2.33. The summed E-state index contributed by atoms with van der Waals surface area (Å²) in [4.78, 5) is 26.6. The molecule has 0 aromatic heterocycles. The lowest BCUT2D eigenvalue weighted by molar-refractivity contribution is -0.114. The van der Waals surface area contributed by atoms with E-state index in [4.69, 9.17) is 0 Å². The van der Waals surface area contributed by atoms with Gasteiger partial charge in [0.1, 0.15) is 0 Å². The predicted octanol–water partition coefficient (Wildman–Crippen LogP) is 2.63. The van der Waals surface area contributed by atoms with E-state index in [-0.39, 0.29) is 28.2 Å². The fraction of sp³-hybridized carbons (Fsp3) is 0.391. The van der Waals surface area contributed by atoms with Crippen LogP contribution in [0.4, 0.5) is 11.4 Å². The summed E-state index contributed by atoms with van der Waals surface area (Å²) in [5.41, 5.74) is 2.34. The summed E-state index contributed by atoms with van der Waals surface area (Å²) in [5.74, 6) is -0.159. The third kappa shape index (κ3) is 7.29. The Labute approximate surface area is 199 Å². The number of anilines is 2. The maximum Gasteiger partial charge on any atom is 0.243 e. The van der Waals surface area contributed by atoms with Crippen molar-refractivity contribution in [3.8, 4) is 0 Å². The van der Waals surface area contributed by atoms with Gasteiger partial charge < -0.3 is 15.5 Å². The molecular weight excluding hydrogens is 460 g/mol. The summed E-state index contributed by atoms with van der Waals surface area (Å²) < 4.78 is 27.2. The number of benzene rings is 2. The zero-order valence-electron chi connectivity index (χ0n) is 18.9. The molecule has 8 nitrogen and oxygen atoms in total. The number of carbonyl (C=O) groups excluding carboxylic acids is 2. The van der Waals surface area contributed by atoms with Crippen molar-refractivity contribution in [1.29, 1.82) is 0 Å². The number of piperazine rings is 1. The van der Waals surface area contributed by atoms with Gasteiger partial charge in [-0.2, -0.15) is 4.31 Å². The van der Waals surface area contributed by atoms with Gasteiger partial charge in [0, 0.05) is 37.6 Å². The normalized spacial score (nSPS) is 15.2. The van der Waals surface area contributed by atoms with E-state index in [0.29, 0.717) is 18.8 Å². The highest BCUT2D eigenvalue weighted by molar-refractivity contribution is 8.00. The lowest BCUT2D eigenvalue weighted by Crippen LogP contribution is -2.48. The van der Waals surface area contributed by atoms with Crippen molar-refractivity contribution in [3.05, 3.63) is 54.1 Å². The van der Waals surface area contributed by atoms with Gasteiger partial charge in [-0.05, 0) is 49.9 Å². The van der Waals surface area contributed by atoms with Crippen LogP contribution in [0, 0.1) is 6.92 Å². The summed E-state index contributed by atoms with van der Waals surface area (Å²) in [7, 11) is -3.55. The number of hydrogen-bond acceptors (Lipinski definition) is 6. The molecule has 2 N–H and O–H groups in total. The van der Waals surface area contributed by atoms with Crippen molar-refractivity contribution in [2.75, 3.05) is 54.9 Å². The van der Waals surface area contributed by atoms with Crippen molar-refractivity contribution in [1.82, 2.24) is 9.21 Å². The Morgan fingerprint density at radius 1 is 0.848 bits per heavy atom. The summed E-state index contributed by atoms with van der Waals surface area (Å²) >= 11 is 1.21.